The molecule has 0 N–H and O–H groups in total. The van der Waals surface area contributed by atoms with Crippen molar-refractivity contribution in [1.82, 2.24) is 10.0 Å². The van der Waals surface area contributed by atoms with Gasteiger partial charge in [-0.2, -0.15) is 26.3 Å². The van der Waals surface area contributed by atoms with Gasteiger partial charge in [0.25, 0.3) is 0 Å². The quantitative estimate of drug-likeness (QED) is 0.386. The lowest BCUT2D eigenvalue weighted by Crippen LogP contribution is -2.43. The number of ether oxygens (including phenoxy) is 1. The SMILES string of the molecule is C=CCOc1c(C)c(C)nc(C)c1CN1OC(c2ccc(C(F)(F)F)cc2)(C(F)(F)F)CC1=O. The van der Waals surface area contributed by atoms with Gasteiger partial charge in [0.2, 0.25) is 11.5 Å². The predicted molar refractivity (Wildman–Crippen MR) is 110 cm³/mol. The first-order valence-corrected chi connectivity index (χ1v) is 10.2. The van der Waals surface area contributed by atoms with E-state index in [2.05, 4.69) is 11.6 Å². The molecule has 5 nitrogen and oxygen atoms in total. The summed E-state index contributed by atoms with van der Waals surface area (Å²) in [4.78, 5) is 22.2. The van der Waals surface area contributed by atoms with Gasteiger partial charge in [-0.25, -0.2) is 9.90 Å². The molecule has 0 radical (unpaired) electrons. The summed E-state index contributed by atoms with van der Waals surface area (Å²) < 4.78 is 86.9. The van der Waals surface area contributed by atoms with Crippen LogP contribution in [0.5, 0.6) is 5.75 Å². The van der Waals surface area contributed by atoms with E-state index < -0.39 is 48.0 Å². The Morgan fingerprint density at radius 1 is 1.12 bits per heavy atom. The molecule has 34 heavy (non-hydrogen) atoms. The van der Waals surface area contributed by atoms with Crippen molar-refractivity contribution in [2.24, 2.45) is 0 Å². The highest BCUT2D eigenvalue weighted by atomic mass is 19.4. The maximum atomic E-state index is 14.2. The topological polar surface area (TPSA) is 51.7 Å². The van der Waals surface area contributed by atoms with Crippen molar-refractivity contribution in [1.29, 1.82) is 0 Å². The number of hydrogen-bond acceptors (Lipinski definition) is 4. The first-order chi connectivity index (χ1) is 15.7. The maximum Gasteiger partial charge on any atom is 0.424 e. The van der Waals surface area contributed by atoms with Crippen molar-refractivity contribution in [3.05, 3.63) is 70.6 Å². The second kappa shape index (κ2) is 8.94. The Bertz CT molecular complexity index is 1100. The fraction of sp³-hybridized carbons (Fsp3) is 0.391. The average Bonchev–Trinajstić information content (AvgIpc) is 3.08. The third-order valence-corrected chi connectivity index (χ3v) is 5.66. The first-order valence-electron chi connectivity index (χ1n) is 10.2. The molecule has 1 fully saturated rings. The van der Waals surface area contributed by atoms with Crippen molar-refractivity contribution in [2.45, 2.75) is 51.7 Å². The van der Waals surface area contributed by atoms with Gasteiger partial charge in [0.05, 0.1) is 18.5 Å². The predicted octanol–water partition coefficient (Wildman–Crippen LogP) is 5.71. The summed E-state index contributed by atoms with van der Waals surface area (Å²) in [7, 11) is 0. The van der Waals surface area contributed by atoms with Crippen molar-refractivity contribution in [2.75, 3.05) is 6.61 Å². The van der Waals surface area contributed by atoms with Crippen LogP contribution in [0.1, 0.15) is 40.1 Å². The lowest BCUT2D eigenvalue weighted by molar-refractivity contribution is -0.325. The Kier molecular flexibility index (Phi) is 6.71. The molecule has 0 bridgehead atoms. The van der Waals surface area contributed by atoms with Crippen LogP contribution in [0.2, 0.25) is 0 Å². The van der Waals surface area contributed by atoms with Gasteiger partial charge < -0.3 is 4.74 Å². The molecule has 1 amide bonds. The number of aromatic nitrogens is 1. The Morgan fingerprint density at radius 3 is 2.26 bits per heavy atom. The highest BCUT2D eigenvalue weighted by Gasteiger charge is 2.64. The molecule has 1 saturated heterocycles. The van der Waals surface area contributed by atoms with E-state index in [-0.39, 0.29) is 6.61 Å². The molecule has 184 valence electrons. The van der Waals surface area contributed by atoms with Gasteiger partial charge in [0, 0.05) is 22.5 Å². The fourth-order valence-corrected chi connectivity index (χ4v) is 3.72. The van der Waals surface area contributed by atoms with Crippen LogP contribution >= 0.6 is 0 Å². The molecule has 3 rings (SSSR count). The minimum Gasteiger partial charge on any atom is -0.489 e. The normalized spacial score (nSPS) is 19.0. The minimum atomic E-state index is -5.09. The van der Waals surface area contributed by atoms with Crippen LogP contribution in [-0.4, -0.2) is 28.7 Å². The molecular weight excluding hydrogens is 466 g/mol. The van der Waals surface area contributed by atoms with Gasteiger partial charge in [-0.05, 0) is 38.5 Å². The summed E-state index contributed by atoms with van der Waals surface area (Å²) in [6.07, 6.45) is -9.44. The van der Waals surface area contributed by atoms with Crippen molar-refractivity contribution in [3.8, 4) is 5.75 Å². The summed E-state index contributed by atoms with van der Waals surface area (Å²) in [5.74, 6) is -0.634. The molecule has 1 aliphatic rings. The number of hydroxylamine groups is 2. The van der Waals surface area contributed by atoms with E-state index in [1.807, 2.05) is 0 Å². The number of rotatable bonds is 6. The van der Waals surface area contributed by atoms with Crippen LogP contribution in [0.4, 0.5) is 26.3 Å². The molecule has 1 unspecified atom stereocenters. The molecule has 11 heteroatoms. The third-order valence-electron chi connectivity index (χ3n) is 5.66. The third kappa shape index (κ3) is 4.61. The molecule has 0 saturated carbocycles. The number of nitrogens with zero attached hydrogens (tertiary/aromatic N) is 2. The van der Waals surface area contributed by atoms with Crippen molar-refractivity contribution in [3.63, 3.8) is 0 Å². The second-order valence-corrected chi connectivity index (χ2v) is 7.91. The molecule has 1 aromatic carbocycles. The summed E-state index contributed by atoms with van der Waals surface area (Å²) >= 11 is 0. The van der Waals surface area contributed by atoms with E-state index in [0.717, 1.165) is 0 Å². The van der Waals surface area contributed by atoms with Gasteiger partial charge in [-0.3, -0.25) is 9.78 Å². The van der Waals surface area contributed by atoms with Gasteiger partial charge in [-0.1, -0.05) is 24.8 Å². The minimum absolute atomic E-state index is 0.115. The molecule has 0 aliphatic carbocycles. The van der Waals surface area contributed by atoms with Crippen LogP contribution in [0, 0.1) is 20.8 Å². The Labute approximate surface area is 191 Å². The molecule has 2 heterocycles. The highest BCUT2D eigenvalue weighted by molar-refractivity contribution is 5.79. The second-order valence-electron chi connectivity index (χ2n) is 7.91. The number of carbonyl (C=O) groups excluding carboxylic acids is 1. The van der Waals surface area contributed by atoms with E-state index in [4.69, 9.17) is 9.57 Å². The molecule has 1 atom stereocenters. The van der Waals surface area contributed by atoms with Gasteiger partial charge >= 0.3 is 12.4 Å². The number of benzene rings is 1. The fourth-order valence-electron chi connectivity index (χ4n) is 3.72. The smallest absolute Gasteiger partial charge is 0.424 e. The lowest BCUT2D eigenvalue weighted by atomic mass is 9.89. The zero-order valence-corrected chi connectivity index (χ0v) is 18.6. The van der Waals surface area contributed by atoms with Crippen LogP contribution < -0.4 is 4.74 Å². The van der Waals surface area contributed by atoms with Crippen molar-refractivity contribution < 1.29 is 40.7 Å². The molecule has 0 spiro atoms. The van der Waals surface area contributed by atoms with Crippen LogP contribution in [-0.2, 0) is 28.0 Å². The van der Waals surface area contributed by atoms with Crippen LogP contribution in [0.3, 0.4) is 0 Å². The van der Waals surface area contributed by atoms with Crippen molar-refractivity contribution >= 4 is 5.91 Å². The number of halogens is 6. The number of hydrogen-bond donors (Lipinski definition) is 0. The summed E-state index contributed by atoms with van der Waals surface area (Å²) in [5, 5.41) is 0.560. The van der Waals surface area contributed by atoms with E-state index >= 15 is 0 Å². The van der Waals surface area contributed by atoms with Gasteiger partial charge in [0.1, 0.15) is 12.4 Å². The molecular formula is C23H22F6N2O3. The average molecular weight is 488 g/mol. The number of carbonyl (C=O) groups is 1. The monoisotopic (exact) mass is 488 g/mol. The Balaban J connectivity index is 2.01. The lowest BCUT2D eigenvalue weighted by Gasteiger charge is -2.31. The van der Waals surface area contributed by atoms with Gasteiger partial charge in [-0.15, -0.1) is 0 Å². The standard InChI is InChI=1S/C23H22F6N2O3/c1-5-10-33-20-13(2)14(3)30-15(4)18(20)12-31-19(32)11-21(34-31,23(27,28)29)16-6-8-17(9-7-16)22(24,25)26/h5-9H,1,10-12H2,2-4H3. The van der Waals surface area contributed by atoms with E-state index in [1.54, 1.807) is 20.8 Å². The van der Waals surface area contributed by atoms with Crippen LogP contribution in [0.25, 0.3) is 0 Å². The Morgan fingerprint density at radius 2 is 1.74 bits per heavy atom. The largest absolute Gasteiger partial charge is 0.489 e. The highest BCUT2D eigenvalue weighted by Crippen LogP contribution is 2.50. The van der Waals surface area contributed by atoms with E-state index in [9.17, 15) is 31.1 Å². The Hall–Kier alpha value is -3.08. The van der Waals surface area contributed by atoms with Crippen LogP contribution in [0.15, 0.2) is 36.9 Å². The number of alkyl halides is 6. The zero-order chi connectivity index (χ0) is 25.5. The molecule has 2 aromatic rings. The number of aryl methyl sites for hydroxylation is 2. The molecule has 1 aromatic heterocycles. The summed E-state index contributed by atoms with van der Waals surface area (Å²) in [6, 6.07) is 2.40. The zero-order valence-electron chi connectivity index (χ0n) is 18.6. The summed E-state index contributed by atoms with van der Waals surface area (Å²) in [6.45, 7) is 8.37. The number of pyridine rings is 1. The molecule has 1 aliphatic heterocycles. The number of amides is 1. The van der Waals surface area contributed by atoms with E-state index in [1.165, 1.54) is 6.08 Å². The first kappa shape index (κ1) is 25.5. The van der Waals surface area contributed by atoms with E-state index in [0.29, 0.717) is 57.6 Å². The maximum absolute atomic E-state index is 14.2. The summed E-state index contributed by atoms with van der Waals surface area (Å²) in [5.41, 5.74) is -2.79. The van der Waals surface area contributed by atoms with Gasteiger partial charge in [0.15, 0.2) is 0 Å².